The summed E-state index contributed by atoms with van der Waals surface area (Å²) >= 11 is 0. The van der Waals surface area contributed by atoms with Gasteiger partial charge >= 0.3 is 5.97 Å². The summed E-state index contributed by atoms with van der Waals surface area (Å²) in [5, 5.41) is 8.44. The van der Waals surface area contributed by atoms with Gasteiger partial charge in [-0.05, 0) is 12.8 Å². The second-order valence-electron chi connectivity index (χ2n) is 3.61. The van der Waals surface area contributed by atoms with Crippen LogP contribution in [0.2, 0.25) is 0 Å². The average molecular weight is 309 g/mol. The molecular formula is C7H13ClO7S2. The molecule has 1 N–H and O–H groups in total. The molecule has 0 aromatic heterocycles. The van der Waals surface area contributed by atoms with E-state index in [1.54, 1.807) is 0 Å². The Labute approximate surface area is 104 Å². The van der Waals surface area contributed by atoms with Crippen molar-refractivity contribution in [1.29, 1.82) is 0 Å². The summed E-state index contributed by atoms with van der Waals surface area (Å²) in [6, 6.07) is 0. The Bertz CT molecular complexity index is 452. The molecule has 0 saturated heterocycles. The second kappa shape index (κ2) is 5.98. The molecule has 1 fully saturated rings. The maximum Gasteiger partial charge on any atom is 0.306 e. The number of aliphatic carboxylic acids is 1. The molecule has 10 heteroatoms. The summed E-state index contributed by atoms with van der Waals surface area (Å²) in [6.45, 7) is 0. The first-order valence-corrected chi connectivity index (χ1v) is 8.92. The highest BCUT2D eigenvalue weighted by Gasteiger charge is 2.37. The van der Waals surface area contributed by atoms with E-state index in [1.807, 2.05) is 0 Å². The van der Waals surface area contributed by atoms with E-state index in [-0.39, 0.29) is 0 Å². The molecule has 0 radical (unpaired) electrons. The maximum absolute atomic E-state index is 10.5. The fourth-order valence-electron chi connectivity index (χ4n) is 1.09. The average Bonchev–Trinajstić information content (AvgIpc) is 1.89. The lowest BCUT2D eigenvalue weighted by molar-refractivity contribution is -0.147. The van der Waals surface area contributed by atoms with Gasteiger partial charge in [-0.2, -0.15) is 8.42 Å². The third kappa shape index (κ3) is 10.5. The number of hydrogen-bond donors (Lipinski definition) is 1. The van der Waals surface area contributed by atoms with E-state index >= 15 is 0 Å². The molecule has 0 atom stereocenters. The van der Waals surface area contributed by atoms with Crippen molar-refractivity contribution < 1.29 is 30.9 Å². The van der Waals surface area contributed by atoms with Crippen molar-refractivity contribution in [3.8, 4) is 0 Å². The van der Waals surface area contributed by atoms with Gasteiger partial charge in [0.25, 0.3) is 10.1 Å². The van der Waals surface area contributed by atoms with Crippen LogP contribution in [-0.4, -0.2) is 46.5 Å². The van der Waals surface area contributed by atoms with E-state index in [1.165, 1.54) is 0 Å². The molecule has 0 heterocycles. The molecule has 1 saturated carbocycles. The smallest absolute Gasteiger partial charge is 0.306 e. The van der Waals surface area contributed by atoms with Gasteiger partial charge in [0.05, 0.1) is 24.5 Å². The summed E-state index contributed by atoms with van der Waals surface area (Å²) in [6.07, 6.45) is 2.04. The van der Waals surface area contributed by atoms with E-state index in [9.17, 15) is 21.6 Å². The molecule has 0 aliphatic heterocycles. The Balaban J connectivity index is 0.000000437. The molecule has 0 amide bonds. The zero-order valence-corrected chi connectivity index (χ0v) is 11.5. The van der Waals surface area contributed by atoms with Gasteiger partial charge in [0, 0.05) is 10.7 Å². The first-order valence-electron chi connectivity index (χ1n) is 4.39. The Hall–Kier alpha value is -0.380. The first kappa shape index (κ1) is 16.6. The largest absolute Gasteiger partial charge is 0.481 e. The quantitative estimate of drug-likeness (QED) is 0.577. The SMILES string of the molecule is CS(=O)(=O)Cl.CS(=O)(=O)O[C@H]1C[C@@H](C(=O)O)C1. The minimum Gasteiger partial charge on any atom is -0.481 e. The van der Waals surface area contributed by atoms with Gasteiger partial charge in [-0.1, -0.05) is 0 Å². The second-order valence-corrected chi connectivity index (χ2v) is 8.26. The first-order chi connectivity index (χ1) is 7.38. The van der Waals surface area contributed by atoms with Crippen LogP contribution in [0.5, 0.6) is 0 Å². The number of hydrogen-bond acceptors (Lipinski definition) is 6. The van der Waals surface area contributed by atoms with E-state index < -0.39 is 37.2 Å². The van der Waals surface area contributed by atoms with E-state index in [2.05, 4.69) is 14.9 Å². The zero-order chi connectivity index (χ0) is 13.9. The minimum absolute atomic E-state index is 0.294. The number of carbonyl (C=O) groups is 1. The fourth-order valence-corrected chi connectivity index (χ4v) is 1.74. The van der Waals surface area contributed by atoms with Crippen molar-refractivity contribution in [3.63, 3.8) is 0 Å². The zero-order valence-electron chi connectivity index (χ0n) is 9.16. The van der Waals surface area contributed by atoms with Crippen LogP contribution in [0.3, 0.4) is 0 Å². The summed E-state index contributed by atoms with van der Waals surface area (Å²) in [5.41, 5.74) is 0. The van der Waals surface area contributed by atoms with Crippen molar-refractivity contribution in [2.45, 2.75) is 18.9 Å². The molecule has 102 valence electrons. The molecule has 0 spiro atoms. The van der Waals surface area contributed by atoms with Crippen LogP contribution in [0.4, 0.5) is 0 Å². The Morgan fingerprint density at radius 2 is 1.59 bits per heavy atom. The lowest BCUT2D eigenvalue weighted by Crippen LogP contribution is -2.37. The monoisotopic (exact) mass is 308 g/mol. The molecule has 0 aromatic rings. The van der Waals surface area contributed by atoms with Crippen molar-refractivity contribution >= 4 is 35.8 Å². The highest BCUT2D eigenvalue weighted by atomic mass is 35.7. The van der Waals surface area contributed by atoms with Gasteiger partial charge < -0.3 is 5.11 Å². The Morgan fingerprint density at radius 1 is 1.24 bits per heavy atom. The predicted molar refractivity (Wildman–Crippen MR) is 60.8 cm³/mol. The van der Waals surface area contributed by atoms with Gasteiger partial charge in [0.2, 0.25) is 9.05 Å². The molecule has 0 bridgehead atoms. The number of carboxylic acids is 1. The van der Waals surface area contributed by atoms with Gasteiger partial charge in [-0.15, -0.1) is 0 Å². The maximum atomic E-state index is 10.5. The van der Waals surface area contributed by atoms with E-state index in [0.29, 0.717) is 12.8 Å². The van der Waals surface area contributed by atoms with Crippen LogP contribution >= 0.6 is 10.7 Å². The molecule has 7 nitrogen and oxygen atoms in total. The predicted octanol–water partition coefficient (Wildman–Crippen LogP) is 0.0106. The van der Waals surface area contributed by atoms with Crippen molar-refractivity contribution in [3.05, 3.63) is 0 Å². The standard InChI is InChI=1S/C6H10O5S.CH3ClO2S/c1-12(9,10)11-5-2-4(3-5)6(7)8;1-5(2,3)4/h4-5H,2-3H2,1H3,(H,7,8);1H3/t4-,5+;. The fraction of sp³-hybridized carbons (Fsp3) is 0.857. The number of carboxylic acid groups (broad SMARTS) is 1. The molecule has 1 aliphatic rings. The van der Waals surface area contributed by atoms with Crippen LogP contribution in [0.1, 0.15) is 12.8 Å². The van der Waals surface area contributed by atoms with Gasteiger partial charge in [-0.25, -0.2) is 8.42 Å². The van der Waals surface area contributed by atoms with Gasteiger partial charge in [0.1, 0.15) is 0 Å². The summed E-state index contributed by atoms with van der Waals surface area (Å²) in [4.78, 5) is 10.3. The molecule has 0 unspecified atom stereocenters. The van der Waals surface area contributed by atoms with Crippen LogP contribution < -0.4 is 0 Å². The number of halogens is 1. The minimum atomic E-state index is -3.43. The third-order valence-electron chi connectivity index (χ3n) is 1.75. The van der Waals surface area contributed by atoms with E-state index in [0.717, 1.165) is 12.5 Å². The molecular weight excluding hydrogens is 296 g/mol. The molecule has 1 rings (SSSR count). The van der Waals surface area contributed by atoms with E-state index in [4.69, 9.17) is 5.11 Å². The van der Waals surface area contributed by atoms with Gasteiger partial charge in [0.15, 0.2) is 0 Å². The summed E-state index contributed by atoms with van der Waals surface area (Å²) in [7, 11) is -2.12. The normalized spacial score (nSPS) is 24.2. The summed E-state index contributed by atoms with van der Waals surface area (Å²) in [5.74, 6) is -1.32. The lowest BCUT2D eigenvalue weighted by atomic mass is 9.83. The van der Waals surface area contributed by atoms with Crippen molar-refractivity contribution in [1.82, 2.24) is 0 Å². The van der Waals surface area contributed by atoms with Crippen LogP contribution in [-0.2, 0) is 28.1 Å². The summed E-state index contributed by atoms with van der Waals surface area (Å²) < 4.78 is 44.4. The van der Waals surface area contributed by atoms with Crippen LogP contribution in [0.15, 0.2) is 0 Å². The van der Waals surface area contributed by atoms with Crippen LogP contribution in [0.25, 0.3) is 0 Å². The highest BCUT2D eigenvalue weighted by Crippen LogP contribution is 2.30. The Kier molecular flexibility index (Phi) is 5.85. The highest BCUT2D eigenvalue weighted by molar-refractivity contribution is 8.13. The van der Waals surface area contributed by atoms with Crippen molar-refractivity contribution in [2.24, 2.45) is 5.92 Å². The topological polar surface area (TPSA) is 115 Å². The molecule has 0 aromatic carbocycles. The van der Waals surface area contributed by atoms with Gasteiger partial charge in [-0.3, -0.25) is 8.98 Å². The van der Waals surface area contributed by atoms with Crippen molar-refractivity contribution in [2.75, 3.05) is 12.5 Å². The lowest BCUT2D eigenvalue weighted by Gasteiger charge is -2.30. The number of rotatable bonds is 3. The Morgan fingerprint density at radius 3 is 1.82 bits per heavy atom. The molecule has 1 aliphatic carbocycles. The molecule has 17 heavy (non-hydrogen) atoms. The van der Waals surface area contributed by atoms with Crippen LogP contribution in [0, 0.1) is 5.92 Å². The third-order valence-corrected chi connectivity index (χ3v) is 2.38.